The molecule has 1 N–H and O–H groups in total. The molecule has 0 saturated carbocycles. The fourth-order valence-electron chi connectivity index (χ4n) is 3.01. The number of nitrogens with zero attached hydrogens (tertiary/aromatic N) is 3. The Kier molecular flexibility index (Phi) is 4.37. The van der Waals surface area contributed by atoms with Gasteiger partial charge in [-0.15, -0.1) is 0 Å². The number of fused-ring (bicyclic) bond motifs is 1. The number of benzene rings is 1. The van der Waals surface area contributed by atoms with Gasteiger partial charge >= 0.3 is 0 Å². The number of hydrogen-bond acceptors (Lipinski definition) is 6. The number of nitrogens with one attached hydrogen (secondary N) is 1. The molecule has 2 heterocycles. The van der Waals surface area contributed by atoms with E-state index in [0.29, 0.717) is 31.3 Å². The van der Waals surface area contributed by atoms with E-state index in [0.717, 1.165) is 11.1 Å². The summed E-state index contributed by atoms with van der Waals surface area (Å²) in [5, 5.41) is 15.8. The summed E-state index contributed by atoms with van der Waals surface area (Å²) in [6, 6.07) is 5.04. The molecule has 128 valence electrons. The molecule has 3 rings (SSSR count). The van der Waals surface area contributed by atoms with E-state index in [9.17, 15) is 18.5 Å². The van der Waals surface area contributed by atoms with Crippen LogP contribution in [0, 0.1) is 10.1 Å². The number of sulfonamides is 1. The van der Waals surface area contributed by atoms with Gasteiger partial charge in [0.25, 0.3) is 5.69 Å². The van der Waals surface area contributed by atoms with Crippen molar-refractivity contribution < 1.29 is 13.3 Å². The van der Waals surface area contributed by atoms with Crippen molar-refractivity contribution in [2.45, 2.75) is 18.9 Å². The van der Waals surface area contributed by atoms with E-state index in [1.54, 1.807) is 18.3 Å². The lowest BCUT2D eigenvalue weighted by Crippen LogP contribution is -2.41. The summed E-state index contributed by atoms with van der Waals surface area (Å²) in [4.78, 5) is 14.7. The highest BCUT2D eigenvalue weighted by Gasteiger charge is 2.25. The number of nitro groups is 1. The summed E-state index contributed by atoms with van der Waals surface area (Å²) in [6.45, 7) is 0.950. The number of pyridine rings is 1. The molecule has 1 aliphatic rings. The molecule has 1 fully saturated rings. The summed E-state index contributed by atoms with van der Waals surface area (Å²) in [5.74, 6) is 0. The Hall–Kier alpha value is -2.26. The SMILES string of the molecule is CS(=O)(=O)N1CCC(Nc2ccc([N+](=O)[O-])c3cnccc23)CC1. The maximum atomic E-state index is 11.6. The van der Waals surface area contributed by atoms with Gasteiger partial charge in [-0.25, -0.2) is 12.7 Å². The van der Waals surface area contributed by atoms with Crippen LogP contribution in [0.3, 0.4) is 0 Å². The van der Waals surface area contributed by atoms with Crippen molar-refractivity contribution in [2.75, 3.05) is 24.7 Å². The van der Waals surface area contributed by atoms with Gasteiger partial charge in [-0.2, -0.15) is 0 Å². The standard InChI is InChI=1S/C15H18N4O4S/c1-24(22,23)18-8-5-11(6-9-18)17-14-2-3-15(19(20)21)13-10-16-7-4-12(13)14/h2-4,7,10-11,17H,5-6,8-9H2,1H3. The van der Waals surface area contributed by atoms with Gasteiger partial charge in [0.1, 0.15) is 0 Å². The molecule has 0 unspecified atom stereocenters. The molecule has 1 aromatic carbocycles. The molecule has 0 amide bonds. The largest absolute Gasteiger partial charge is 0.382 e. The molecule has 8 nitrogen and oxygen atoms in total. The Bertz CT molecular complexity index is 876. The average Bonchev–Trinajstić information content (AvgIpc) is 2.54. The molecule has 1 saturated heterocycles. The molecule has 2 aromatic rings. The van der Waals surface area contributed by atoms with Crippen LogP contribution in [0.1, 0.15) is 12.8 Å². The van der Waals surface area contributed by atoms with Crippen molar-refractivity contribution in [3.8, 4) is 0 Å². The molecule has 0 bridgehead atoms. The van der Waals surface area contributed by atoms with E-state index in [4.69, 9.17) is 0 Å². The lowest BCUT2D eigenvalue weighted by atomic mass is 10.0. The van der Waals surface area contributed by atoms with Crippen molar-refractivity contribution >= 4 is 32.2 Å². The fraction of sp³-hybridized carbons (Fsp3) is 0.400. The molecule has 24 heavy (non-hydrogen) atoms. The maximum Gasteiger partial charge on any atom is 0.278 e. The minimum absolute atomic E-state index is 0.0237. The number of nitro benzene ring substituents is 1. The second kappa shape index (κ2) is 6.33. The average molecular weight is 350 g/mol. The minimum atomic E-state index is -3.15. The van der Waals surface area contributed by atoms with Crippen LogP contribution in [0.15, 0.2) is 30.6 Å². The Labute approximate surface area is 139 Å². The number of anilines is 1. The molecule has 1 aliphatic heterocycles. The first-order chi connectivity index (χ1) is 11.4. The smallest absolute Gasteiger partial charge is 0.278 e. The van der Waals surface area contributed by atoms with E-state index >= 15 is 0 Å². The highest BCUT2D eigenvalue weighted by atomic mass is 32.2. The van der Waals surface area contributed by atoms with Crippen molar-refractivity contribution in [1.82, 2.24) is 9.29 Å². The summed E-state index contributed by atoms with van der Waals surface area (Å²) in [5.41, 5.74) is 0.825. The zero-order valence-electron chi connectivity index (χ0n) is 13.2. The van der Waals surface area contributed by atoms with E-state index < -0.39 is 14.9 Å². The first kappa shape index (κ1) is 16.6. The van der Waals surface area contributed by atoms with Gasteiger partial charge in [0.05, 0.1) is 16.6 Å². The Morgan fingerprint density at radius 2 is 1.96 bits per heavy atom. The third kappa shape index (κ3) is 3.31. The van der Waals surface area contributed by atoms with E-state index in [1.807, 2.05) is 0 Å². The first-order valence-electron chi connectivity index (χ1n) is 7.59. The van der Waals surface area contributed by atoms with Crippen LogP contribution in [0.5, 0.6) is 0 Å². The molecule has 0 atom stereocenters. The zero-order valence-corrected chi connectivity index (χ0v) is 14.0. The lowest BCUT2D eigenvalue weighted by Gasteiger charge is -2.31. The summed E-state index contributed by atoms with van der Waals surface area (Å²) in [7, 11) is -3.15. The maximum absolute atomic E-state index is 11.6. The van der Waals surface area contributed by atoms with Gasteiger partial charge in [-0.05, 0) is 25.0 Å². The normalized spacial score (nSPS) is 17.0. The molecule has 9 heteroatoms. The molecule has 0 radical (unpaired) electrons. The summed E-state index contributed by atoms with van der Waals surface area (Å²) < 4.78 is 24.6. The third-order valence-corrected chi connectivity index (χ3v) is 5.58. The van der Waals surface area contributed by atoms with E-state index in [1.165, 1.54) is 22.8 Å². The fourth-order valence-corrected chi connectivity index (χ4v) is 3.89. The summed E-state index contributed by atoms with van der Waals surface area (Å²) >= 11 is 0. The van der Waals surface area contributed by atoms with Gasteiger partial charge in [0.2, 0.25) is 10.0 Å². The molecule has 1 aromatic heterocycles. The van der Waals surface area contributed by atoms with Crippen LogP contribution in [0.25, 0.3) is 10.8 Å². The van der Waals surface area contributed by atoms with Crippen LogP contribution in [-0.4, -0.2) is 48.0 Å². The summed E-state index contributed by atoms with van der Waals surface area (Å²) in [6.07, 6.45) is 5.69. The number of hydrogen-bond donors (Lipinski definition) is 1. The molecular weight excluding hydrogens is 332 g/mol. The minimum Gasteiger partial charge on any atom is -0.382 e. The van der Waals surface area contributed by atoms with Gasteiger partial charge in [0, 0.05) is 48.7 Å². The molecular formula is C15H18N4O4S. The molecule has 0 aliphatic carbocycles. The predicted octanol–water partition coefficient (Wildman–Crippen LogP) is 1.98. The number of aromatic nitrogens is 1. The van der Waals surface area contributed by atoms with Crippen LogP contribution in [0.4, 0.5) is 11.4 Å². The Balaban J connectivity index is 1.82. The highest BCUT2D eigenvalue weighted by molar-refractivity contribution is 7.88. The van der Waals surface area contributed by atoms with Crippen LogP contribution in [0.2, 0.25) is 0 Å². The van der Waals surface area contributed by atoms with Crippen LogP contribution in [-0.2, 0) is 10.0 Å². The van der Waals surface area contributed by atoms with Crippen molar-refractivity contribution in [3.63, 3.8) is 0 Å². The Morgan fingerprint density at radius 3 is 2.58 bits per heavy atom. The van der Waals surface area contributed by atoms with Gasteiger partial charge in [-0.3, -0.25) is 15.1 Å². The van der Waals surface area contributed by atoms with Gasteiger partial charge in [0.15, 0.2) is 0 Å². The monoisotopic (exact) mass is 350 g/mol. The second-order valence-corrected chi connectivity index (χ2v) is 7.87. The van der Waals surface area contributed by atoms with Gasteiger partial charge < -0.3 is 5.32 Å². The lowest BCUT2D eigenvalue weighted by molar-refractivity contribution is -0.383. The number of piperidine rings is 1. The Morgan fingerprint density at radius 1 is 1.25 bits per heavy atom. The first-order valence-corrected chi connectivity index (χ1v) is 9.44. The van der Waals surface area contributed by atoms with E-state index in [-0.39, 0.29) is 11.7 Å². The van der Waals surface area contributed by atoms with Crippen molar-refractivity contribution in [2.24, 2.45) is 0 Å². The van der Waals surface area contributed by atoms with Crippen LogP contribution < -0.4 is 5.32 Å². The van der Waals surface area contributed by atoms with Crippen LogP contribution >= 0.6 is 0 Å². The van der Waals surface area contributed by atoms with Crippen molar-refractivity contribution in [3.05, 3.63) is 40.7 Å². The van der Waals surface area contributed by atoms with Crippen molar-refractivity contribution in [1.29, 1.82) is 0 Å². The predicted molar refractivity (Wildman–Crippen MR) is 91.5 cm³/mol. The van der Waals surface area contributed by atoms with Gasteiger partial charge in [-0.1, -0.05) is 0 Å². The van der Waals surface area contributed by atoms with E-state index in [2.05, 4.69) is 10.3 Å². The number of non-ortho nitro benzene ring substituents is 1. The third-order valence-electron chi connectivity index (χ3n) is 4.27. The second-order valence-electron chi connectivity index (χ2n) is 5.89. The molecule has 0 spiro atoms. The highest BCUT2D eigenvalue weighted by Crippen LogP contribution is 2.31. The zero-order chi connectivity index (χ0) is 17.3. The topological polar surface area (TPSA) is 105 Å². The quantitative estimate of drug-likeness (QED) is 0.668. The number of rotatable bonds is 4.